The summed E-state index contributed by atoms with van der Waals surface area (Å²) in [5.41, 5.74) is 6.55. The van der Waals surface area contributed by atoms with Crippen LogP contribution in [0, 0.1) is 5.92 Å². The van der Waals surface area contributed by atoms with E-state index in [9.17, 15) is 0 Å². The summed E-state index contributed by atoms with van der Waals surface area (Å²) < 4.78 is 7.07. The lowest BCUT2D eigenvalue weighted by Crippen LogP contribution is -2.31. The van der Waals surface area contributed by atoms with Crippen molar-refractivity contribution < 1.29 is 4.74 Å². The Labute approximate surface area is 106 Å². The van der Waals surface area contributed by atoms with Crippen LogP contribution >= 0.6 is 0 Å². The van der Waals surface area contributed by atoms with Crippen LogP contribution in [0.2, 0.25) is 0 Å². The number of aromatic nitrogens is 3. The SMILES string of the molecule is COCC(Nc1nc(N)cn2ccnc12)C(C)C. The minimum Gasteiger partial charge on any atom is -0.383 e. The van der Waals surface area contributed by atoms with E-state index in [1.54, 1.807) is 19.5 Å². The quantitative estimate of drug-likeness (QED) is 0.837. The highest BCUT2D eigenvalue weighted by Crippen LogP contribution is 2.17. The number of anilines is 2. The Kier molecular flexibility index (Phi) is 3.66. The smallest absolute Gasteiger partial charge is 0.180 e. The average molecular weight is 249 g/mol. The second-order valence-electron chi connectivity index (χ2n) is 4.62. The highest BCUT2D eigenvalue weighted by Gasteiger charge is 2.16. The summed E-state index contributed by atoms with van der Waals surface area (Å²) >= 11 is 0. The van der Waals surface area contributed by atoms with Crippen molar-refractivity contribution in [1.82, 2.24) is 14.4 Å². The van der Waals surface area contributed by atoms with Crippen molar-refractivity contribution in [3.05, 3.63) is 18.6 Å². The van der Waals surface area contributed by atoms with Gasteiger partial charge in [-0.05, 0) is 5.92 Å². The highest BCUT2D eigenvalue weighted by atomic mass is 16.5. The van der Waals surface area contributed by atoms with E-state index in [0.29, 0.717) is 24.2 Å². The molecule has 0 fully saturated rings. The van der Waals surface area contributed by atoms with Crippen molar-refractivity contribution in [3.63, 3.8) is 0 Å². The van der Waals surface area contributed by atoms with Gasteiger partial charge >= 0.3 is 0 Å². The molecule has 98 valence electrons. The van der Waals surface area contributed by atoms with Crippen LogP contribution < -0.4 is 11.1 Å². The molecule has 2 rings (SSSR count). The Morgan fingerprint density at radius 1 is 1.50 bits per heavy atom. The van der Waals surface area contributed by atoms with E-state index in [1.807, 2.05) is 10.6 Å². The van der Waals surface area contributed by atoms with Crippen molar-refractivity contribution in [2.45, 2.75) is 19.9 Å². The molecule has 2 aromatic heterocycles. The molecule has 0 amide bonds. The number of hydrogen-bond donors (Lipinski definition) is 2. The first-order chi connectivity index (χ1) is 8.61. The van der Waals surface area contributed by atoms with Crippen molar-refractivity contribution in [1.29, 1.82) is 0 Å². The number of nitrogens with one attached hydrogen (secondary N) is 1. The lowest BCUT2D eigenvalue weighted by Gasteiger charge is -2.22. The summed E-state index contributed by atoms with van der Waals surface area (Å²) in [4.78, 5) is 8.58. The molecular formula is C12H19N5O. The fourth-order valence-corrected chi connectivity index (χ4v) is 1.80. The first-order valence-electron chi connectivity index (χ1n) is 5.96. The van der Waals surface area contributed by atoms with Gasteiger partial charge in [0.1, 0.15) is 5.82 Å². The van der Waals surface area contributed by atoms with Crippen LogP contribution in [0.3, 0.4) is 0 Å². The molecule has 0 aliphatic heterocycles. The zero-order valence-electron chi connectivity index (χ0n) is 10.9. The number of rotatable bonds is 5. The number of hydrogen-bond acceptors (Lipinski definition) is 5. The lowest BCUT2D eigenvalue weighted by molar-refractivity contribution is 0.171. The normalized spacial score (nSPS) is 13.1. The van der Waals surface area contributed by atoms with Gasteiger partial charge in [0.2, 0.25) is 0 Å². The molecule has 1 unspecified atom stereocenters. The van der Waals surface area contributed by atoms with E-state index in [2.05, 4.69) is 29.1 Å². The Balaban J connectivity index is 2.32. The van der Waals surface area contributed by atoms with Gasteiger partial charge in [0, 0.05) is 19.5 Å². The van der Waals surface area contributed by atoms with Gasteiger partial charge in [-0.1, -0.05) is 13.8 Å². The maximum absolute atomic E-state index is 5.78. The van der Waals surface area contributed by atoms with Crippen LogP contribution in [0.25, 0.3) is 5.65 Å². The van der Waals surface area contributed by atoms with Crippen molar-refractivity contribution >= 4 is 17.3 Å². The third-order valence-corrected chi connectivity index (χ3v) is 2.87. The van der Waals surface area contributed by atoms with Gasteiger partial charge in [-0.3, -0.25) is 0 Å². The van der Waals surface area contributed by atoms with Crippen LogP contribution in [-0.4, -0.2) is 34.1 Å². The Morgan fingerprint density at radius 3 is 2.94 bits per heavy atom. The molecule has 0 saturated carbocycles. The van der Waals surface area contributed by atoms with Crippen LogP contribution in [-0.2, 0) is 4.74 Å². The Bertz CT molecular complexity index is 522. The molecule has 1 atom stereocenters. The maximum Gasteiger partial charge on any atom is 0.180 e. The molecule has 6 nitrogen and oxygen atoms in total. The molecule has 18 heavy (non-hydrogen) atoms. The standard InChI is InChI=1S/C12H19N5O/c1-8(2)9(7-18-3)15-11-12-14-4-5-17(12)6-10(13)16-11/h4-6,8-9H,7,13H2,1-3H3,(H,15,16). The third-order valence-electron chi connectivity index (χ3n) is 2.87. The van der Waals surface area contributed by atoms with Gasteiger partial charge in [0.05, 0.1) is 18.8 Å². The molecule has 2 aromatic rings. The molecule has 2 heterocycles. The van der Waals surface area contributed by atoms with Gasteiger partial charge < -0.3 is 20.2 Å². The molecular weight excluding hydrogens is 230 g/mol. The van der Waals surface area contributed by atoms with Crippen LogP contribution in [0.5, 0.6) is 0 Å². The van der Waals surface area contributed by atoms with Crippen LogP contribution in [0.4, 0.5) is 11.6 Å². The molecule has 3 N–H and O–H groups in total. The minimum absolute atomic E-state index is 0.171. The van der Waals surface area contributed by atoms with Crippen LogP contribution in [0.15, 0.2) is 18.6 Å². The second kappa shape index (κ2) is 5.22. The lowest BCUT2D eigenvalue weighted by atomic mass is 10.1. The molecule has 0 aliphatic rings. The summed E-state index contributed by atoms with van der Waals surface area (Å²) in [7, 11) is 1.69. The molecule has 0 bridgehead atoms. The monoisotopic (exact) mass is 249 g/mol. The fourth-order valence-electron chi connectivity index (χ4n) is 1.80. The number of nitrogen functional groups attached to an aromatic ring is 1. The van der Waals surface area contributed by atoms with Gasteiger partial charge in [-0.15, -0.1) is 0 Å². The van der Waals surface area contributed by atoms with Gasteiger partial charge in [-0.2, -0.15) is 0 Å². The van der Waals surface area contributed by atoms with Crippen LogP contribution in [0.1, 0.15) is 13.8 Å². The minimum atomic E-state index is 0.171. The van der Waals surface area contributed by atoms with Crippen molar-refractivity contribution in [2.75, 3.05) is 24.8 Å². The zero-order chi connectivity index (χ0) is 13.1. The van der Waals surface area contributed by atoms with Gasteiger partial charge in [0.25, 0.3) is 0 Å². The number of nitrogens with two attached hydrogens (primary N) is 1. The molecule has 0 radical (unpaired) electrons. The molecule has 0 spiro atoms. The summed E-state index contributed by atoms with van der Waals surface area (Å²) in [5.74, 6) is 1.57. The second-order valence-corrected chi connectivity index (χ2v) is 4.62. The summed E-state index contributed by atoms with van der Waals surface area (Å²) in [6.45, 7) is 4.87. The first kappa shape index (κ1) is 12.6. The van der Waals surface area contributed by atoms with Gasteiger partial charge in [0.15, 0.2) is 11.5 Å². The van der Waals surface area contributed by atoms with E-state index in [4.69, 9.17) is 10.5 Å². The van der Waals surface area contributed by atoms with Crippen molar-refractivity contribution in [3.8, 4) is 0 Å². The van der Waals surface area contributed by atoms with E-state index in [-0.39, 0.29) is 6.04 Å². The van der Waals surface area contributed by atoms with E-state index in [1.165, 1.54) is 0 Å². The summed E-state index contributed by atoms with van der Waals surface area (Å²) in [6, 6.07) is 0.171. The molecule has 0 aliphatic carbocycles. The number of methoxy groups -OCH3 is 1. The predicted octanol–water partition coefficient (Wildman–Crippen LogP) is 1.39. The molecule has 0 saturated heterocycles. The molecule has 6 heteroatoms. The van der Waals surface area contributed by atoms with Crippen molar-refractivity contribution in [2.24, 2.45) is 5.92 Å². The largest absolute Gasteiger partial charge is 0.383 e. The average Bonchev–Trinajstić information content (AvgIpc) is 2.76. The number of fused-ring (bicyclic) bond motifs is 1. The summed E-state index contributed by atoms with van der Waals surface area (Å²) in [5, 5.41) is 3.35. The van der Waals surface area contributed by atoms with E-state index < -0.39 is 0 Å². The number of imidazole rings is 1. The topological polar surface area (TPSA) is 77.5 Å². The number of nitrogens with zero attached hydrogens (tertiary/aromatic N) is 3. The Hall–Kier alpha value is -1.82. The first-order valence-corrected chi connectivity index (χ1v) is 5.96. The fraction of sp³-hybridized carbons (Fsp3) is 0.500. The zero-order valence-corrected chi connectivity index (χ0v) is 10.9. The van der Waals surface area contributed by atoms with E-state index in [0.717, 1.165) is 5.65 Å². The Morgan fingerprint density at radius 2 is 2.28 bits per heavy atom. The predicted molar refractivity (Wildman–Crippen MR) is 71.5 cm³/mol. The summed E-state index contributed by atoms with van der Waals surface area (Å²) in [6.07, 6.45) is 5.32. The third kappa shape index (κ3) is 2.53. The molecule has 0 aromatic carbocycles. The maximum atomic E-state index is 5.78. The van der Waals surface area contributed by atoms with E-state index >= 15 is 0 Å². The number of ether oxygens (including phenoxy) is 1. The highest BCUT2D eigenvalue weighted by molar-refractivity contribution is 5.65. The van der Waals surface area contributed by atoms with Gasteiger partial charge in [-0.25, -0.2) is 9.97 Å².